The molecule has 1 saturated heterocycles. The quantitative estimate of drug-likeness (QED) is 0.921. The molecule has 0 bridgehead atoms. The van der Waals surface area contributed by atoms with Gasteiger partial charge in [0.15, 0.2) is 6.61 Å². The summed E-state index contributed by atoms with van der Waals surface area (Å²) < 4.78 is 41.1. The van der Waals surface area contributed by atoms with E-state index < -0.39 is 12.8 Å². The molecule has 112 valence electrons. The van der Waals surface area contributed by atoms with Crippen molar-refractivity contribution in [3.8, 4) is 5.75 Å². The summed E-state index contributed by atoms with van der Waals surface area (Å²) in [4.78, 5) is 2.28. The first-order valence-corrected chi connectivity index (χ1v) is 6.66. The molecule has 1 N–H and O–H groups in total. The Bertz CT molecular complexity index is 437. The van der Waals surface area contributed by atoms with Crippen molar-refractivity contribution in [3.63, 3.8) is 0 Å². The molecule has 0 aliphatic carbocycles. The number of piperazine rings is 1. The van der Waals surface area contributed by atoms with Gasteiger partial charge in [-0.1, -0.05) is 12.1 Å². The highest BCUT2D eigenvalue weighted by atomic mass is 19.4. The number of ether oxygens (including phenoxy) is 1. The highest BCUT2D eigenvalue weighted by Gasteiger charge is 2.28. The fourth-order valence-corrected chi connectivity index (χ4v) is 2.31. The molecule has 2 rings (SSSR count). The van der Waals surface area contributed by atoms with Crippen LogP contribution in [-0.2, 0) is 6.54 Å². The van der Waals surface area contributed by atoms with E-state index in [1.165, 1.54) is 0 Å². The minimum Gasteiger partial charge on any atom is -0.484 e. The number of nitrogens with one attached hydrogen (secondary N) is 1. The zero-order chi connectivity index (χ0) is 14.6. The molecule has 1 heterocycles. The van der Waals surface area contributed by atoms with Gasteiger partial charge in [0.05, 0.1) is 0 Å². The van der Waals surface area contributed by atoms with Crippen LogP contribution in [0.5, 0.6) is 5.75 Å². The summed E-state index contributed by atoms with van der Waals surface area (Å²) in [6.45, 7) is 4.42. The van der Waals surface area contributed by atoms with Crippen molar-refractivity contribution in [1.82, 2.24) is 10.2 Å². The minimum atomic E-state index is -4.30. The Labute approximate surface area is 116 Å². The van der Waals surface area contributed by atoms with Crippen LogP contribution in [0.25, 0.3) is 0 Å². The maximum atomic E-state index is 12.1. The molecule has 1 aliphatic heterocycles. The van der Waals surface area contributed by atoms with Crippen LogP contribution in [0.3, 0.4) is 0 Å². The Morgan fingerprint density at radius 1 is 1.40 bits per heavy atom. The molecule has 20 heavy (non-hydrogen) atoms. The Hall–Kier alpha value is -1.27. The van der Waals surface area contributed by atoms with E-state index in [0.717, 1.165) is 31.7 Å². The second-order valence-electron chi connectivity index (χ2n) is 5.14. The zero-order valence-corrected chi connectivity index (χ0v) is 11.4. The third-order valence-electron chi connectivity index (χ3n) is 3.16. The number of nitrogens with zero attached hydrogens (tertiary/aromatic N) is 1. The molecule has 1 aliphatic rings. The van der Waals surface area contributed by atoms with Crippen LogP contribution in [0, 0.1) is 0 Å². The van der Waals surface area contributed by atoms with Crippen molar-refractivity contribution in [2.45, 2.75) is 25.7 Å². The molecule has 1 aromatic rings. The highest BCUT2D eigenvalue weighted by molar-refractivity contribution is 5.28. The molecule has 1 atom stereocenters. The van der Waals surface area contributed by atoms with Crippen LogP contribution in [-0.4, -0.2) is 43.4 Å². The van der Waals surface area contributed by atoms with Crippen LogP contribution in [0.15, 0.2) is 24.3 Å². The summed E-state index contributed by atoms with van der Waals surface area (Å²) >= 11 is 0. The molecule has 0 amide bonds. The molecular formula is C14H19F3N2O. The Kier molecular flexibility index (Phi) is 4.88. The third kappa shape index (κ3) is 5.02. The first-order valence-electron chi connectivity index (χ1n) is 6.66. The molecular weight excluding hydrogens is 269 g/mol. The summed E-state index contributed by atoms with van der Waals surface area (Å²) in [5.41, 5.74) is 0.971. The third-order valence-corrected chi connectivity index (χ3v) is 3.16. The number of hydrogen-bond acceptors (Lipinski definition) is 3. The molecule has 3 nitrogen and oxygen atoms in total. The Balaban J connectivity index is 1.92. The first kappa shape index (κ1) is 15.1. The molecule has 1 fully saturated rings. The summed E-state index contributed by atoms with van der Waals surface area (Å²) in [6.07, 6.45) is -4.30. The van der Waals surface area contributed by atoms with Crippen LogP contribution < -0.4 is 10.1 Å². The van der Waals surface area contributed by atoms with E-state index in [-0.39, 0.29) is 5.75 Å². The fourth-order valence-electron chi connectivity index (χ4n) is 2.31. The van der Waals surface area contributed by atoms with Crippen molar-refractivity contribution in [1.29, 1.82) is 0 Å². The normalized spacial score (nSPS) is 20.9. The number of rotatable bonds is 4. The van der Waals surface area contributed by atoms with Gasteiger partial charge in [0.2, 0.25) is 0 Å². The van der Waals surface area contributed by atoms with Gasteiger partial charge in [-0.05, 0) is 24.6 Å². The maximum absolute atomic E-state index is 12.1. The van der Waals surface area contributed by atoms with Crippen LogP contribution in [0.1, 0.15) is 12.5 Å². The van der Waals surface area contributed by atoms with E-state index in [0.29, 0.717) is 6.04 Å². The smallest absolute Gasteiger partial charge is 0.422 e. The van der Waals surface area contributed by atoms with Gasteiger partial charge in [0.25, 0.3) is 0 Å². The van der Waals surface area contributed by atoms with E-state index in [1.807, 2.05) is 6.07 Å². The second-order valence-corrected chi connectivity index (χ2v) is 5.14. The van der Waals surface area contributed by atoms with E-state index in [9.17, 15) is 13.2 Å². The molecule has 0 radical (unpaired) electrons. The largest absolute Gasteiger partial charge is 0.484 e. The van der Waals surface area contributed by atoms with Crippen molar-refractivity contribution in [3.05, 3.63) is 29.8 Å². The van der Waals surface area contributed by atoms with Gasteiger partial charge in [-0.2, -0.15) is 13.2 Å². The lowest BCUT2D eigenvalue weighted by Gasteiger charge is -2.31. The fraction of sp³-hybridized carbons (Fsp3) is 0.571. The second kappa shape index (κ2) is 6.45. The monoisotopic (exact) mass is 288 g/mol. The summed E-state index contributed by atoms with van der Waals surface area (Å²) in [5, 5.41) is 3.35. The average molecular weight is 288 g/mol. The Morgan fingerprint density at radius 3 is 2.90 bits per heavy atom. The first-order chi connectivity index (χ1) is 9.42. The van der Waals surface area contributed by atoms with E-state index in [4.69, 9.17) is 4.74 Å². The topological polar surface area (TPSA) is 24.5 Å². The van der Waals surface area contributed by atoms with Crippen molar-refractivity contribution in [2.75, 3.05) is 26.2 Å². The van der Waals surface area contributed by atoms with E-state index in [1.54, 1.807) is 18.2 Å². The van der Waals surface area contributed by atoms with Crippen molar-refractivity contribution >= 4 is 0 Å². The highest BCUT2D eigenvalue weighted by Crippen LogP contribution is 2.20. The summed E-state index contributed by atoms with van der Waals surface area (Å²) in [7, 11) is 0. The maximum Gasteiger partial charge on any atom is 0.422 e. The molecule has 0 aromatic heterocycles. The molecule has 0 unspecified atom stereocenters. The van der Waals surface area contributed by atoms with Gasteiger partial charge in [-0.25, -0.2) is 0 Å². The van der Waals surface area contributed by atoms with Gasteiger partial charge in [-0.15, -0.1) is 0 Å². The number of hydrogen-bond donors (Lipinski definition) is 1. The zero-order valence-electron chi connectivity index (χ0n) is 11.4. The predicted molar refractivity (Wildman–Crippen MR) is 70.7 cm³/mol. The minimum absolute atomic E-state index is 0.267. The van der Waals surface area contributed by atoms with E-state index in [2.05, 4.69) is 17.1 Å². The lowest BCUT2D eigenvalue weighted by molar-refractivity contribution is -0.153. The number of halogens is 3. The lowest BCUT2D eigenvalue weighted by atomic mass is 10.1. The predicted octanol–water partition coefficient (Wildman–Crippen LogP) is 2.42. The van der Waals surface area contributed by atoms with Gasteiger partial charge >= 0.3 is 6.18 Å². The number of benzene rings is 1. The van der Waals surface area contributed by atoms with E-state index >= 15 is 0 Å². The van der Waals surface area contributed by atoms with Gasteiger partial charge in [-0.3, -0.25) is 4.90 Å². The van der Waals surface area contributed by atoms with Gasteiger partial charge in [0.1, 0.15) is 5.75 Å². The van der Waals surface area contributed by atoms with Crippen LogP contribution >= 0.6 is 0 Å². The SMILES string of the molecule is C[C@H]1CN(Cc2cccc(OCC(F)(F)F)c2)CCN1. The van der Waals surface area contributed by atoms with Crippen LogP contribution in [0.4, 0.5) is 13.2 Å². The summed E-state index contributed by atoms with van der Waals surface area (Å²) in [6, 6.07) is 7.31. The Morgan fingerprint density at radius 2 is 2.20 bits per heavy atom. The standard InChI is InChI=1S/C14H19F3N2O/c1-11-8-19(6-5-18-11)9-12-3-2-4-13(7-12)20-10-14(15,16)17/h2-4,7,11,18H,5-6,8-10H2,1H3/t11-/m0/s1. The molecule has 6 heteroatoms. The van der Waals surface area contributed by atoms with Crippen molar-refractivity contribution in [2.24, 2.45) is 0 Å². The molecule has 0 saturated carbocycles. The molecule has 0 spiro atoms. The summed E-state index contributed by atoms with van der Waals surface area (Å²) in [5.74, 6) is 0.267. The average Bonchev–Trinajstić information content (AvgIpc) is 2.36. The number of alkyl halides is 3. The van der Waals surface area contributed by atoms with Crippen molar-refractivity contribution < 1.29 is 17.9 Å². The van der Waals surface area contributed by atoms with Gasteiger partial charge < -0.3 is 10.1 Å². The van der Waals surface area contributed by atoms with Gasteiger partial charge in [0, 0.05) is 32.2 Å². The van der Waals surface area contributed by atoms with Crippen LogP contribution in [0.2, 0.25) is 0 Å². The lowest BCUT2D eigenvalue weighted by Crippen LogP contribution is -2.48. The molecule has 1 aromatic carbocycles.